The number of rotatable bonds is 3. The highest BCUT2D eigenvalue weighted by atomic mass is 15.2. The molecule has 0 aliphatic heterocycles. The van der Waals surface area contributed by atoms with Gasteiger partial charge in [0.25, 0.3) is 0 Å². The van der Waals surface area contributed by atoms with Crippen LogP contribution in [-0.4, -0.2) is 14.5 Å². The molecular formula is C37H27N3. The van der Waals surface area contributed by atoms with Crippen LogP contribution in [0.2, 0.25) is 0 Å². The minimum absolute atomic E-state index is 0.121. The third kappa shape index (κ3) is 3.31. The molecule has 2 aromatic heterocycles. The molecule has 8 rings (SSSR count). The topological polar surface area (TPSA) is 30.7 Å². The van der Waals surface area contributed by atoms with Gasteiger partial charge >= 0.3 is 0 Å². The summed E-state index contributed by atoms with van der Waals surface area (Å²) in [5, 5.41) is 0.465. The van der Waals surface area contributed by atoms with Gasteiger partial charge in [-0.2, -0.15) is 0 Å². The van der Waals surface area contributed by atoms with Gasteiger partial charge in [-0.3, -0.25) is 4.57 Å². The molecule has 7 aromatic rings. The summed E-state index contributed by atoms with van der Waals surface area (Å²) in [6.45, 7) is 4.09. The minimum atomic E-state index is -0.606. The standard InChI is InChI=1S/C37H27N3/c1-37(2)30-19-11-9-17-26(30)28-21-29-27-18-10-12-20-34(27)40(35(29)22-31(28)37)36-38-32(24-13-5-3-6-14-24)23-33(39-36)25-15-7-4-8-16-25/h3-23H,1-2H3/i10D,12D,18D,20D,21D,22D. The number of hydrogen-bond donors (Lipinski definition) is 0. The first kappa shape index (κ1) is 17.5. The molecule has 0 spiro atoms. The lowest BCUT2D eigenvalue weighted by molar-refractivity contribution is 0.661. The number of nitrogens with zero attached hydrogens (tertiary/aromatic N) is 3. The Morgan fingerprint density at radius 3 is 1.95 bits per heavy atom. The molecule has 190 valence electrons. The Labute approximate surface area is 241 Å². The Balaban J connectivity index is 1.60. The molecule has 3 nitrogen and oxygen atoms in total. The van der Waals surface area contributed by atoms with Crippen LogP contribution in [0.3, 0.4) is 0 Å². The van der Waals surface area contributed by atoms with E-state index in [0.29, 0.717) is 22.5 Å². The third-order valence-electron chi connectivity index (χ3n) is 7.89. The van der Waals surface area contributed by atoms with Crippen LogP contribution >= 0.6 is 0 Å². The van der Waals surface area contributed by atoms with Crippen molar-refractivity contribution in [3.8, 4) is 39.6 Å². The average molecular weight is 520 g/mol. The van der Waals surface area contributed by atoms with E-state index < -0.39 is 17.5 Å². The van der Waals surface area contributed by atoms with E-state index >= 15 is 0 Å². The minimum Gasteiger partial charge on any atom is -0.278 e. The maximum Gasteiger partial charge on any atom is 0.235 e. The van der Waals surface area contributed by atoms with E-state index in [-0.39, 0.29) is 51.9 Å². The Morgan fingerprint density at radius 1 is 0.625 bits per heavy atom. The summed E-state index contributed by atoms with van der Waals surface area (Å²) >= 11 is 0. The highest BCUT2D eigenvalue weighted by Gasteiger charge is 2.36. The summed E-state index contributed by atoms with van der Waals surface area (Å²) in [5.74, 6) is 0.159. The number of hydrogen-bond acceptors (Lipinski definition) is 2. The summed E-state index contributed by atoms with van der Waals surface area (Å²) in [5.41, 5.74) is 5.90. The maximum atomic E-state index is 9.78. The number of fused-ring (bicyclic) bond motifs is 6. The molecule has 0 unspecified atom stereocenters. The molecule has 0 bridgehead atoms. The van der Waals surface area contributed by atoms with Gasteiger partial charge in [-0.05, 0) is 46.4 Å². The summed E-state index contributed by atoms with van der Waals surface area (Å²) < 4.78 is 56.3. The van der Waals surface area contributed by atoms with Gasteiger partial charge in [0.15, 0.2) is 0 Å². The van der Waals surface area contributed by atoms with Gasteiger partial charge in [0.1, 0.15) is 0 Å². The van der Waals surface area contributed by atoms with E-state index in [1.165, 1.54) is 0 Å². The molecule has 1 aliphatic carbocycles. The van der Waals surface area contributed by atoms with Gasteiger partial charge < -0.3 is 0 Å². The first-order valence-corrected chi connectivity index (χ1v) is 13.3. The molecule has 0 saturated carbocycles. The summed E-state index contributed by atoms with van der Waals surface area (Å²) in [6.07, 6.45) is 0. The van der Waals surface area contributed by atoms with Crippen LogP contribution in [0, 0.1) is 0 Å². The Bertz CT molecular complexity index is 2340. The number of benzene rings is 5. The van der Waals surface area contributed by atoms with Crippen molar-refractivity contribution in [1.82, 2.24) is 14.5 Å². The molecule has 1 aliphatic rings. The van der Waals surface area contributed by atoms with Gasteiger partial charge in [0.05, 0.1) is 30.6 Å². The van der Waals surface area contributed by atoms with Crippen LogP contribution in [0.4, 0.5) is 0 Å². The fraction of sp³-hybridized carbons (Fsp3) is 0.0811. The zero-order valence-electron chi connectivity index (χ0n) is 28.0. The van der Waals surface area contributed by atoms with Crippen molar-refractivity contribution in [3.63, 3.8) is 0 Å². The lowest BCUT2D eigenvalue weighted by Gasteiger charge is -2.21. The molecule has 3 heteroatoms. The molecule has 2 heterocycles. The molecule has 0 N–H and O–H groups in total. The van der Waals surface area contributed by atoms with Gasteiger partial charge in [-0.15, -0.1) is 0 Å². The molecule has 0 amide bonds. The molecule has 0 saturated heterocycles. The van der Waals surface area contributed by atoms with Gasteiger partial charge in [0, 0.05) is 27.3 Å². The van der Waals surface area contributed by atoms with Crippen molar-refractivity contribution in [2.75, 3.05) is 0 Å². The van der Waals surface area contributed by atoms with E-state index in [9.17, 15) is 2.74 Å². The Hall–Kier alpha value is -5.02. The van der Waals surface area contributed by atoms with Crippen molar-refractivity contribution in [2.24, 2.45) is 0 Å². The Morgan fingerprint density at radius 2 is 1.25 bits per heavy atom. The predicted octanol–water partition coefficient (Wildman–Crippen LogP) is 9.21. The summed E-state index contributed by atoms with van der Waals surface area (Å²) in [4.78, 5) is 9.98. The molecule has 0 atom stereocenters. The van der Waals surface area contributed by atoms with E-state index in [2.05, 4.69) is 0 Å². The van der Waals surface area contributed by atoms with Crippen molar-refractivity contribution in [3.05, 3.63) is 138 Å². The third-order valence-corrected chi connectivity index (χ3v) is 7.89. The van der Waals surface area contributed by atoms with Crippen LogP contribution < -0.4 is 0 Å². The molecular weight excluding hydrogens is 486 g/mol. The van der Waals surface area contributed by atoms with Crippen LogP contribution in [0.25, 0.3) is 61.4 Å². The van der Waals surface area contributed by atoms with Gasteiger partial charge in [-0.25, -0.2) is 9.97 Å². The lowest BCUT2D eigenvalue weighted by atomic mass is 9.82. The van der Waals surface area contributed by atoms with Crippen LogP contribution in [0.1, 0.15) is 33.2 Å². The van der Waals surface area contributed by atoms with E-state index in [0.717, 1.165) is 22.3 Å². The van der Waals surface area contributed by atoms with E-state index in [1.54, 1.807) is 4.57 Å². The first-order chi connectivity index (χ1) is 22.1. The molecule has 5 aromatic carbocycles. The molecule has 0 radical (unpaired) electrons. The van der Waals surface area contributed by atoms with Crippen LogP contribution in [0.15, 0.2) is 127 Å². The Kier molecular flexibility index (Phi) is 3.72. The van der Waals surface area contributed by atoms with Crippen molar-refractivity contribution in [2.45, 2.75) is 19.3 Å². The molecule has 40 heavy (non-hydrogen) atoms. The quantitative estimate of drug-likeness (QED) is 0.233. The summed E-state index contributed by atoms with van der Waals surface area (Å²) in [7, 11) is 0. The molecule has 0 fully saturated rings. The smallest absolute Gasteiger partial charge is 0.235 e. The normalized spacial score (nSPS) is 15.6. The average Bonchev–Trinajstić information content (AvgIpc) is 3.57. The second-order valence-corrected chi connectivity index (χ2v) is 10.6. The van der Waals surface area contributed by atoms with E-state index in [4.69, 9.17) is 15.5 Å². The lowest BCUT2D eigenvalue weighted by Crippen LogP contribution is -2.15. The zero-order valence-corrected chi connectivity index (χ0v) is 22.0. The van der Waals surface area contributed by atoms with Gasteiger partial charge in [0.2, 0.25) is 5.95 Å². The predicted molar refractivity (Wildman–Crippen MR) is 165 cm³/mol. The van der Waals surface area contributed by atoms with E-state index in [1.807, 2.05) is 105 Å². The van der Waals surface area contributed by atoms with Crippen molar-refractivity contribution >= 4 is 21.8 Å². The second-order valence-electron chi connectivity index (χ2n) is 10.6. The van der Waals surface area contributed by atoms with Gasteiger partial charge in [-0.1, -0.05) is 117 Å². The highest BCUT2D eigenvalue weighted by Crippen LogP contribution is 2.50. The number of aromatic nitrogens is 3. The summed E-state index contributed by atoms with van der Waals surface area (Å²) in [6, 6.07) is 28.0. The monoisotopic (exact) mass is 519 g/mol. The second kappa shape index (κ2) is 8.49. The highest BCUT2D eigenvalue weighted by molar-refractivity contribution is 6.11. The fourth-order valence-corrected chi connectivity index (χ4v) is 5.90. The maximum absolute atomic E-state index is 9.78. The zero-order chi connectivity index (χ0) is 32.1. The van der Waals surface area contributed by atoms with Crippen molar-refractivity contribution < 1.29 is 8.22 Å². The first-order valence-electron chi connectivity index (χ1n) is 16.3. The number of para-hydroxylation sites is 1. The van der Waals surface area contributed by atoms with Crippen LogP contribution in [-0.2, 0) is 5.41 Å². The largest absolute Gasteiger partial charge is 0.278 e. The fourth-order valence-electron chi connectivity index (χ4n) is 5.90. The van der Waals surface area contributed by atoms with Crippen molar-refractivity contribution in [1.29, 1.82) is 0 Å². The van der Waals surface area contributed by atoms with Crippen LogP contribution in [0.5, 0.6) is 0 Å². The SMILES string of the molecule is [2H]c1c([2H])c([2H])c2c(c1[2H])c1c([2H])c3c(c([2H])c1n2-c1nc(-c2ccccc2)cc(-c2ccccc2)n1)C(C)(C)c1ccccc1-3.